The lowest BCUT2D eigenvalue weighted by molar-refractivity contribution is -0.114. The number of hydrogen-bond acceptors (Lipinski definition) is 4. The molecule has 0 radical (unpaired) electrons. The molecule has 7 heteroatoms. The minimum absolute atomic E-state index is 0.0845. The molecule has 6 nitrogen and oxygen atoms in total. The number of amides is 1. The van der Waals surface area contributed by atoms with Crippen LogP contribution >= 0.6 is 11.6 Å². The number of rotatable bonds is 5. The van der Waals surface area contributed by atoms with Gasteiger partial charge in [0.05, 0.1) is 34.2 Å². The molecule has 0 saturated heterocycles. The summed E-state index contributed by atoms with van der Waals surface area (Å²) in [6.45, 7) is 4.22. The number of benzene rings is 2. The highest BCUT2D eigenvalue weighted by molar-refractivity contribution is 6.34. The molecule has 1 aliphatic heterocycles. The second kappa shape index (κ2) is 7.63. The first-order valence-electron chi connectivity index (χ1n) is 8.28. The molecule has 1 amide bonds. The molecule has 2 aromatic carbocycles. The molecule has 0 aromatic heterocycles. The van der Waals surface area contributed by atoms with Gasteiger partial charge in [0.25, 0.3) is 5.91 Å². The standard InChI is InChI=1S/C20H17ClN2O4/c1-3-27-15-7-4-13(5-8-15)10-16-12(2)22-23(19(16)24)14-6-9-18(21)17(11-14)20(25)26/h4-11H,3H2,1-2H3,(H,25,26)/b16-10-. The number of carbonyl (C=O) groups is 2. The van der Waals surface area contributed by atoms with E-state index in [0.29, 0.717) is 23.6 Å². The van der Waals surface area contributed by atoms with Gasteiger partial charge in [0.15, 0.2) is 0 Å². The zero-order valence-corrected chi connectivity index (χ0v) is 15.5. The molecule has 3 rings (SSSR count). The van der Waals surface area contributed by atoms with Gasteiger partial charge < -0.3 is 9.84 Å². The third kappa shape index (κ3) is 3.85. The van der Waals surface area contributed by atoms with E-state index in [-0.39, 0.29) is 16.5 Å². The van der Waals surface area contributed by atoms with Crippen molar-refractivity contribution < 1.29 is 19.4 Å². The number of carbonyl (C=O) groups excluding carboxylic acids is 1. The Kier molecular flexibility index (Phi) is 5.28. The topological polar surface area (TPSA) is 79.2 Å². The van der Waals surface area contributed by atoms with Crippen molar-refractivity contribution >= 4 is 41.0 Å². The minimum Gasteiger partial charge on any atom is -0.494 e. The van der Waals surface area contributed by atoms with Crippen LogP contribution in [0.5, 0.6) is 5.75 Å². The molecular weight excluding hydrogens is 368 g/mol. The number of hydrogen-bond donors (Lipinski definition) is 1. The van der Waals surface area contributed by atoms with Gasteiger partial charge in [-0.25, -0.2) is 4.79 Å². The van der Waals surface area contributed by atoms with Crippen molar-refractivity contribution in [3.63, 3.8) is 0 Å². The Labute approximate surface area is 161 Å². The Balaban J connectivity index is 1.90. The summed E-state index contributed by atoms with van der Waals surface area (Å²) in [6, 6.07) is 11.7. The van der Waals surface area contributed by atoms with E-state index in [2.05, 4.69) is 5.10 Å². The number of halogens is 1. The molecular formula is C20H17ClN2O4. The van der Waals surface area contributed by atoms with E-state index in [1.165, 1.54) is 17.1 Å². The molecule has 0 unspecified atom stereocenters. The van der Waals surface area contributed by atoms with Crippen LogP contribution in [-0.4, -0.2) is 29.3 Å². The molecule has 1 aliphatic rings. The summed E-state index contributed by atoms with van der Waals surface area (Å²) in [5, 5.41) is 14.8. The molecule has 27 heavy (non-hydrogen) atoms. The van der Waals surface area contributed by atoms with Crippen molar-refractivity contribution in [3.05, 3.63) is 64.2 Å². The van der Waals surface area contributed by atoms with Crippen LogP contribution in [0.3, 0.4) is 0 Å². The van der Waals surface area contributed by atoms with E-state index in [9.17, 15) is 14.7 Å². The van der Waals surface area contributed by atoms with E-state index in [1.54, 1.807) is 19.1 Å². The highest BCUT2D eigenvalue weighted by Gasteiger charge is 2.29. The zero-order chi connectivity index (χ0) is 19.6. The second-order valence-corrected chi connectivity index (χ2v) is 6.24. The quantitative estimate of drug-likeness (QED) is 0.782. The van der Waals surface area contributed by atoms with Gasteiger partial charge in [-0.1, -0.05) is 23.7 Å². The Morgan fingerprint density at radius 1 is 1.26 bits per heavy atom. The second-order valence-electron chi connectivity index (χ2n) is 5.83. The lowest BCUT2D eigenvalue weighted by atomic mass is 10.1. The van der Waals surface area contributed by atoms with E-state index in [1.807, 2.05) is 31.2 Å². The van der Waals surface area contributed by atoms with Gasteiger partial charge in [0.1, 0.15) is 5.75 Å². The van der Waals surface area contributed by atoms with Gasteiger partial charge in [-0.05, 0) is 55.8 Å². The van der Waals surface area contributed by atoms with Gasteiger partial charge in [-0.2, -0.15) is 10.1 Å². The van der Waals surface area contributed by atoms with Crippen LogP contribution in [0.25, 0.3) is 6.08 Å². The van der Waals surface area contributed by atoms with E-state index < -0.39 is 5.97 Å². The summed E-state index contributed by atoms with van der Waals surface area (Å²) in [5.41, 5.74) is 2.07. The SMILES string of the molecule is CCOc1ccc(/C=C2\C(=O)N(c3ccc(Cl)c(C(=O)O)c3)N=C2C)cc1. The summed E-state index contributed by atoms with van der Waals surface area (Å²) >= 11 is 5.89. The van der Waals surface area contributed by atoms with Crippen LogP contribution in [0.1, 0.15) is 29.8 Å². The number of carboxylic acids is 1. The van der Waals surface area contributed by atoms with E-state index in [4.69, 9.17) is 16.3 Å². The number of ether oxygens (including phenoxy) is 1. The van der Waals surface area contributed by atoms with Crippen molar-refractivity contribution in [3.8, 4) is 5.75 Å². The number of nitrogens with zero attached hydrogens (tertiary/aromatic N) is 2. The Bertz CT molecular complexity index is 964. The largest absolute Gasteiger partial charge is 0.494 e. The van der Waals surface area contributed by atoms with Gasteiger partial charge in [0, 0.05) is 0 Å². The molecule has 1 heterocycles. The fourth-order valence-corrected chi connectivity index (χ4v) is 2.86. The van der Waals surface area contributed by atoms with Gasteiger partial charge >= 0.3 is 5.97 Å². The van der Waals surface area contributed by atoms with Crippen LogP contribution in [0, 0.1) is 0 Å². The Morgan fingerprint density at radius 3 is 2.59 bits per heavy atom. The first-order valence-corrected chi connectivity index (χ1v) is 8.66. The highest BCUT2D eigenvalue weighted by atomic mass is 35.5. The van der Waals surface area contributed by atoms with Crippen LogP contribution in [-0.2, 0) is 4.79 Å². The third-order valence-electron chi connectivity index (χ3n) is 3.99. The fourth-order valence-electron chi connectivity index (χ4n) is 2.66. The summed E-state index contributed by atoms with van der Waals surface area (Å²) in [7, 11) is 0. The van der Waals surface area contributed by atoms with Crippen LogP contribution in [0.2, 0.25) is 5.02 Å². The van der Waals surface area contributed by atoms with Gasteiger partial charge in [0.2, 0.25) is 0 Å². The maximum atomic E-state index is 12.8. The molecule has 0 fully saturated rings. The van der Waals surface area contributed by atoms with Crippen LogP contribution in [0.4, 0.5) is 5.69 Å². The number of aromatic carboxylic acids is 1. The molecule has 0 saturated carbocycles. The smallest absolute Gasteiger partial charge is 0.337 e. The monoisotopic (exact) mass is 384 g/mol. The van der Waals surface area contributed by atoms with Gasteiger partial charge in [-0.15, -0.1) is 0 Å². The third-order valence-corrected chi connectivity index (χ3v) is 4.32. The Hall–Kier alpha value is -3.12. The average molecular weight is 385 g/mol. The summed E-state index contributed by atoms with van der Waals surface area (Å²) < 4.78 is 5.41. The highest BCUT2D eigenvalue weighted by Crippen LogP contribution is 2.29. The molecule has 138 valence electrons. The fraction of sp³-hybridized carbons (Fsp3) is 0.150. The number of carboxylic acid groups (broad SMARTS) is 1. The van der Waals surface area contributed by atoms with Crippen molar-refractivity contribution in [2.75, 3.05) is 11.6 Å². The molecule has 0 spiro atoms. The molecule has 1 N–H and O–H groups in total. The van der Waals surface area contributed by atoms with Crippen molar-refractivity contribution in [1.29, 1.82) is 0 Å². The number of hydrazone groups is 1. The predicted octanol–water partition coefficient (Wildman–Crippen LogP) is 4.24. The molecule has 2 aromatic rings. The first kappa shape index (κ1) is 18.7. The first-order chi connectivity index (χ1) is 12.9. The molecule has 0 bridgehead atoms. The van der Waals surface area contributed by atoms with Crippen molar-refractivity contribution in [1.82, 2.24) is 0 Å². The summed E-state index contributed by atoms with van der Waals surface area (Å²) in [5.74, 6) is -0.744. The van der Waals surface area contributed by atoms with E-state index in [0.717, 1.165) is 11.3 Å². The lowest BCUT2D eigenvalue weighted by Crippen LogP contribution is -2.21. The van der Waals surface area contributed by atoms with E-state index >= 15 is 0 Å². The molecule has 0 atom stereocenters. The van der Waals surface area contributed by atoms with Crippen molar-refractivity contribution in [2.45, 2.75) is 13.8 Å². The van der Waals surface area contributed by atoms with Gasteiger partial charge in [-0.3, -0.25) is 4.79 Å². The van der Waals surface area contributed by atoms with Crippen LogP contribution < -0.4 is 9.75 Å². The maximum Gasteiger partial charge on any atom is 0.337 e. The zero-order valence-electron chi connectivity index (χ0n) is 14.8. The normalized spacial score (nSPS) is 15.2. The lowest BCUT2D eigenvalue weighted by Gasteiger charge is -2.13. The average Bonchev–Trinajstić information content (AvgIpc) is 2.92. The summed E-state index contributed by atoms with van der Waals surface area (Å²) in [4.78, 5) is 24.1. The molecule has 0 aliphatic carbocycles. The number of anilines is 1. The predicted molar refractivity (Wildman–Crippen MR) is 105 cm³/mol. The Morgan fingerprint density at radius 2 is 1.96 bits per heavy atom. The van der Waals surface area contributed by atoms with Crippen LogP contribution in [0.15, 0.2) is 53.1 Å². The maximum absolute atomic E-state index is 12.8. The summed E-state index contributed by atoms with van der Waals surface area (Å²) in [6.07, 6.45) is 1.74. The van der Waals surface area contributed by atoms with Crippen molar-refractivity contribution in [2.24, 2.45) is 5.10 Å². The minimum atomic E-state index is -1.17.